The lowest BCUT2D eigenvalue weighted by Crippen LogP contribution is -2.59. The Balaban J connectivity index is 1.77. The van der Waals surface area contributed by atoms with Gasteiger partial charge in [-0.3, -0.25) is 9.59 Å². The Labute approximate surface area is 144 Å². The average molecular weight is 352 g/mol. The Hall–Kier alpha value is -1.41. The van der Waals surface area contributed by atoms with Gasteiger partial charge in [0.05, 0.1) is 6.61 Å². The molecule has 0 N–H and O–H groups in total. The van der Waals surface area contributed by atoms with E-state index in [9.17, 15) is 9.59 Å². The molecule has 130 valence electrons. The quantitative estimate of drug-likeness (QED) is 0.768. The fourth-order valence-electron chi connectivity index (χ4n) is 2.80. The van der Waals surface area contributed by atoms with Crippen molar-refractivity contribution in [2.45, 2.75) is 43.9 Å². The molecule has 0 amide bonds. The van der Waals surface area contributed by atoms with Gasteiger partial charge >= 0.3 is 5.97 Å². The average Bonchev–Trinajstić information content (AvgIpc) is 2.59. The number of fused-ring (bicyclic) bond motifs is 1. The highest BCUT2D eigenvalue weighted by Gasteiger charge is 2.50. The lowest BCUT2D eigenvalue weighted by atomic mass is 10.0. The van der Waals surface area contributed by atoms with Gasteiger partial charge in [0, 0.05) is 12.5 Å². The zero-order valence-corrected chi connectivity index (χ0v) is 14.4. The molecule has 3 rings (SSSR count). The molecule has 0 saturated carbocycles. The first-order valence-corrected chi connectivity index (χ1v) is 8.95. The van der Waals surface area contributed by atoms with Crippen molar-refractivity contribution in [1.29, 1.82) is 0 Å². The number of carbonyl (C=O) groups excluding carboxylic acids is 2. The molecule has 2 saturated heterocycles. The topological polar surface area (TPSA) is 71.1 Å². The zero-order chi connectivity index (χ0) is 17.1. The normalized spacial score (nSPS) is 32.9. The Kier molecular flexibility index (Phi) is 5.55. The third-order valence-corrected chi connectivity index (χ3v) is 4.85. The van der Waals surface area contributed by atoms with Crippen LogP contribution in [-0.4, -0.2) is 47.9 Å². The smallest absolute Gasteiger partial charge is 0.303 e. The van der Waals surface area contributed by atoms with E-state index in [1.165, 1.54) is 18.7 Å². The second-order valence-corrected chi connectivity index (χ2v) is 6.94. The molecule has 2 heterocycles. The third-order valence-electron chi connectivity index (χ3n) is 3.83. The summed E-state index contributed by atoms with van der Waals surface area (Å²) >= 11 is 1.43. The fraction of sp³-hybridized carbons (Fsp3) is 0.529. The van der Waals surface area contributed by atoms with Crippen molar-refractivity contribution in [2.75, 3.05) is 12.4 Å². The minimum Gasteiger partial charge on any atom is -0.451 e. The molecular weight excluding hydrogens is 332 g/mol. The Morgan fingerprint density at radius 3 is 2.71 bits per heavy atom. The van der Waals surface area contributed by atoms with E-state index in [0.717, 1.165) is 11.3 Å². The number of benzene rings is 1. The van der Waals surface area contributed by atoms with Crippen molar-refractivity contribution in [2.24, 2.45) is 0 Å². The van der Waals surface area contributed by atoms with Crippen LogP contribution in [0, 0.1) is 0 Å². The second-order valence-electron chi connectivity index (χ2n) is 5.56. The van der Waals surface area contributed by atoms with Crippen LogP contribution in [0.2, 0.25) is 0 Å². The van der Waals surface area contributed by atoms with Gasteiger partial charge in [0.15, 0.2) is 18.5 Å². The number of ether oxygens (including phenoxy) is 4. The Morgan fingerprint density at radius 2 is 2.04 bits per heavy atom. The van der Waals surface area contributed by atoms with Crippen LogP contribution >= 0.6 is 11.8 Å². The van der Waals surface area contributed by atoms with Crippen LogP contribution in [-0.2, 0) is 28.5 Å². The largest absolute Gasteiger partial charge is 0.451 e. The van der Waals surface area contributed by atoms with Crippen molar-refractivity contribution < 1.29 is 28.5 Å². The molecule has 1 aromatic rings. The summed E-state index contributed by atoms with van der Waals surface area (Å²) < 4.78 is 22.7. The molecule has 0 bridgehead atoms. The van der Waals surface area contributed by atoms with Gasteiger partial charge in [0.25, 0.3) is 0 Å². The van der Waals surface area contributed by atoms with Crippen molar-refractivity contribution >= 4 is 23.5 Å². The van der Waals surface area contributed by atoms with Crippen LogP contribution in [0.15, 0.2) is 30.3 Å². The van der Waals surface area contributed by atoms with Gasteiger partial charge in [0.2, 0.25) is 5.78 Å². The lowest BCUT2D eigenvalue weighted by Gasteiger charge is -2.43. The van der Waals surface area contributed by atoms with Crippen LogP contribution in [0.4, 0.5) is 0 Å². The summed E-state index contributed by atoms with van der Waals surface area (Å²) in [7, 11) is 0. The van der Waals surface area contributed by atoms with E-state index in [-0.39, 0.29) is 12.4 Å². The third kappa shape index (κ3) is 3.64. The van der Waals surface area contributed by atoms with Crippen LogP contribution in [0.25, 0.3) is 0 Å². The Bertz CT molecular complexity index is 592. The van der Waals surface area contributed by atoms with Crippen LogP contribution in [0.1, 0.15) is 25.7 Å². The molecule has 24 heavy (non-hydrogen) atoms. The van der Waals surface area contributed by atoms with Gasteiger partial charge in [-0.15, -0.1) is 11.8 Å². The standard InChI is InChI=1S/C17H20O6S/c1-3-24-17-15(21-10(2)18)13(19)14-12(22-17)9-20-16(23-14)11-7-5-4-6-8-11/h4-8,12,14-17H,3,9H2,1-2H3/t12?,14-,15?,16?,17-/m1/s1. The monoisotopic (exact) mass is 352 g/mol. The highest BCUT2D eigenvalue weighted by molar-refractivity contribution is 7.99. The van der Waals surface area contributed by atoms with Gasteiger partial charge in [-0.2, -0.15) is 0 Å². The van der Waals surface area contributed by atoms with E-state index in [2.05, 4.69) is 0 Å². The van der Waals surface area contributed by atoms with Gasteiger partial charge in [-0.25, -0.2) is 0 Å². The lowest BCUT2D eigenvalue weighted by molar-refractivity contribution is -0.278. The van der Waals surface area contributed by atoms with E-state index < -0.39 is 36.0 Å². The SMILES string of the molecule is CCS[C@H]1OC2COC(c3ccccc3)O[C@H]2C(=O)C1OC(C)=O. The predicted molar refractivity (Wildman–Crippen MR) is 87.4 cm³/mol. The van der Waals surface area contributed by atoms with Crippen molar-refractivity contribution in [1.82, 2.24) is 0 Å². The summed E-state index contributed by atoms with van der Waals surface area (Å²) in [6.45, 7) is 3.49. The summed E-state index contributed by atoms with van der Waals surface area (Å²) in [6, 6.07) is 9.40. The number of hydrogen-bond donors (Lipinski definition) is 0. The van der Waals surface area contributed by atoms with Gasteiger partial charge in [-0.1, -0.05) is 37.3 Å². The number of hydrogen-bond acceptors (Lipinski definition) is 7. The first-order valence-electron chi connectivity index (χ1n) is 7.90. The highest BCUT2D eigenvalue weighted by atomic mass is 32.2. The van der Waals surface area contributed by atoms with E-state index >= 15 is 0 Å². The molecule has 5 atom stereocenters. The maximum Gasteiger partial charge on any atom is 0.303 e. The molecule has 2 fully saturated rings. The van der Waals surface area contributed by atoms with E-state index in [0.29, 0.717) is 0 Å². The number of carbonyl (C=O) groups is 2. The number of rotatable bonds is 4. The molecule has 0 aliphatic carbocycles. The number of ketones is 1. The van der Waals surface area contributed by atoms with Crippen LogP contribution < -0.4 is 0 Å². The molecule has 0 aromatic heterocycles. The van der Waals surface area contributed by atoms with E-state index in [4.69, 9.17) is 18.9 Å². The predicted octanol–water partition coefficient (Wildman–Crippen LogP) is 2.08. The molecule has 7 heteroatoms. The molecular formula is C17H20O6S. The summed E-state index contributed by atoms with van der Waals surface area (Å²) in [6.07, 6.45) is -2.88. The summed E-state index contributed by atoms with van der Waals surface area (Å²) in [5.41, 5.74) is 0.297. The molecule has 0 spiro atoms. The second kappa shape index (κ2) is 7.65. The minimum atomic E-state index is -0.955. The van der Waals surface area contributed by atoms with E-state index in [1.807, 2.05) is 37.3 Å². The molecule has 2 aliphatic heterocycles. The van der Waals surface area contributed by atoms with Gasteiger partial charge < -0.3 is 18.9 Å². The van der Waals surface area contributed by atoms with Gasteiger partial charge in [-0.05, 0) is 5.75 Å². The molecule has 2 aliphatic rings. The summed E-state index contributed by atoms with van der Waals surface area (Å²) in [5.74, 6) is -0.0399. The van der Waals surface area contributed by atoms with Gasteiger partial charge in [0.1, 0.15) is 11.5 Å². The molecule has 3 unspecified atom stereocenters. The van der Waals surface area contributed by atoms with Crippen LogP contribution in [0.3, 0.4) is 0 Å². The van der Waals surface area contributed by atoms with Crippen molar-refractivity contribution in [3.63, 3.8) is 0 Å². The first-order chi connectivity index (χ1) is 11.6. The van der Waals surface area contributed by atoms with E-state index in [1.54, 1.807) is 0 Å². The zero-order valence-electron chi connectivity index (χ0n) is 13.5. The maximum absolute atomic E-state index is 12.8. The molecule has 1 aromatic carbocycles. The summed E-state index contributed by atoms with van der Waals surface area (Å²) in [5, 5.41) is 0. The van der Waals surface area contributed by atoms with Crippen molar-refractivity contribution in [3.05, 3.63) is 35.9 Å². The number of esters is 1. The molecule has 6 nitrogen and oxygen atoms in total. The summed E-state index contributed by atoms with van der Waals surface area (Å²) in [4.78, 5) is 24.2. The first kappa shape index (κ1) is 17.4. The molecule has 0 radical (unpaired) electrons. The van der Waals surface area contributed by atoms with Crippen molar-refractivity contribution in [3.8, 4) is 0 Å². The van der Waals surface area contributed by atoms with Crippen LogP contribution in [0.5, 0.6) is 0 Å². The fourth-order valence-corrected chi connectivity index (χ4v) is 3.71. The highest BCUT2D eigenvalue weighted by Crippen LogP contribution is 2.35. The Morgan fingerprint density at radius 1 is 1.29 bits per heavy atom. The number of Topliss-reactive ketones (excluding diaryl/α,β-unsaturated/α-hetero) is 1. The minimum absolute atomic E-state index is 0.254. The maximum atomic E-state index is 12.8. The number of thioether (sulfide) groups is 1.